The minimum Gasteiger partial charge on any atom is -0.361 e. The van der Waals surface area contributed by atoms with Crippen LogP contribution in [-0.2, 0) is 11.3 Å². The maximum atomic E-state index is 12.3. The fourth-order valence-corrected chi connectivity index (χ4v) is 2.92. The van der Waals surface area contributed by atoms with Gasteiger partial charge in [0.2, 0.25) is 5.91 Å². The molecule has 4 nitrogen and oxygen atoms in total. The Hall–Kier alpha value is -1.55. The zero-order valence-electron chi connectivity index (χ0n) is 11.3. The second kappa shape index (κ2) is 5.61. The third-order valence-electron chi connectivity index (χ3n) is 3.99. The molecule has 1 aromatic carbocycles. The summed E-state index contributed by atoms with van der Waals surface area (Å²) in [4.78, 5) is 16.5. The monoisotopic (exact) mass is 259 g/mol. The van der Waals surface area contributed by atoms with Crippen LogP contribution in [0.2, 0.25) is 0 Å². The van der Waals surface area contributed by atoms with Crippen molar-refractivity contribution < 1.29 is 4.79 Å². The molecule has 3 rings (SSSR count). The molecule has 1 fully saturated rings. The number of para-hydroxylation sites is 1. The second-order valence-electron chi connectivity index (χ2n) is 5.31. The highest BCUT2D eigenvalue weighted by atomic mass is 16.2. The molecule has 0 saturated carbocycles. The lowest BCUT2D eigenvalue weighted by Crippen LogP contribution is -2.40. The van der Waals surface area contributed by atoms with Gasteiger partial charge in [0.05, 0.1) is 6.54 Å². The van der Waals surface area contributed by atoms with Crippen LogP contribution in [0.25, 0.3) is 0 Å². The molecule has 1 aromatic rings. The van der Waals surface area contributed by atoms with E-state index in [4.69, 9.17) is 0 Å². The summed E-state index contributed by atoms with van der Waals surface area (Å²) in [6.45, 7) is 5.11. The molecule has 4 heteroatoms. The summed E-state index contributed by atoms with van der Waals surface area (Å²) in [6, 6.07) is 8.38. The average molecular weight is 259 g/mol. The molecule has 2 aliphatic rings. The van der Waals surface area contributed by atoms with Gasteiger partial charge in [0.1, 0.15) is 0 Å². The second-order valence-corrected chi connectivity index (χ2v) is 5.31. The van der Waals surface area contributed by atoms with Crippen LogP contribution in [0.15, 0.2) is 24.3 Å². The number of fused-ring (bicyclic) bond motifs is 1. The molecule has 19 heavy (non-hydrogen) atoms. The van der Waals surface area contributed by atoms with E-state index < -0.39 is 0 Å². The van der Waals surface area contributed by atoms with E-state index in [2.05, 4.69) is 34.5 Å². The molecule has 0 aliphatic carbocycles. The van der Waals surface area contributed by atoms with E-state index in [-0.39, 0.29) is 5.91 Å². The van der Waals surface area contributed by atoms with E-state index in [1.807, 2.05) is 4.90 Å². The van der Waals surface area contributed by atoms with Gasteiger partial charge in [-0.2, -0.15) is 0 Å². The van der Waals surface area contributed by atoms with E-state index in [0.717, 1.165) is 45.6 Å². The first-order valence-electron chi connectivity index (χ1n) is 7.16. The Morgan fingerprint density at radius 2 is 1.95 bits per heavy atom. The number of anilines is 1. The Kier molecular flexibility index (Phi) is 3.69. The number of hydrogen-bond donors (Lipinski definition) is 1. The van der Waals surface area contributed by atoms with Crippen LogP contribution in [0.4, 0.5) is 5.69 Å². The number of hydrogen-bond acceptors (Lipinski definition) is 3. The topological polar surface area (TPSA) is 35.6 Å². The van der Waals surface area contributed by atoms with Gasteiger partial charge in [-0.15, -0.1) is 0 Å². The zero-order chi connectivity index (χ0) is 13.1. The van der Waals surface area contributed by atoms with Gasteiger partial charge < -0.3 is 15.1 Å². The third kappa shape index (κ3) is 2.73. The van der Waals surface area contributed by atoms with Gasteiger partial charge in [-0.3, -0.25) is 4.79 Å². The number of benzene rings is 1. The van der Waals surface area contributed by atoms with Crippen LogP contribution in [0.5, 0.6) is 0 Å². The molecule has 1 N–H and O–H groups in total. The number of amides is 1. The Bertz CT molecular complexity index is 454. The van der Waals surface area contributed by atoms with Crippen LogP contribution in [0.1, 0.15) is 18.4 Å². The number of nitrogens with zero attached hydrogens (tertiary/aromatic N) is 2. The number of carbonyl (C=O) groups excluding carboxylic acids is 1. The first-order chi connectivity index (χ1) is 9.34. The van der Waals surface area contributed by atoms with E-state index in [1.165, 1.54) is 11.3 Å². The lowest BCUT2D eigenvalue weighted by molar-refractivity contribution is -0.128. The smallest absolute Gasteiger partial charge is 0.242 e. The van der Waals surface area contributed by atoms with Crippen LogP contribution in [0.3, 0.4) is 0 Å². The van der Waals surface area contributed by atoms with Crippen molar-refractivity contribution in [2.24, 2.45) is 0 Å². The molecule has 0 bridgehead atoms. The first-order valence-corrected chi connectivity index (χ1v) is 7.16. The lowest BCUT2D eigenvalue weighted by Gasteiger charge is -2.26. The number of rotatable bonds is 2. The number of likely N-dealkylation sites (tertiary alicyclic amines) is 1. The van der Waals surface area contributed by atoms with Crippen molar-refractivity contribution in [2.45, 2.75) is 19.4 Å². The first kappa shape index (κ1) is 12.5. The quantitative estimate of drug-likeness (QED) is 0.867. The molecule has 1 amide bonds. The summed E-state index contributed by atoms with van der Waals surface area (Å²) in [5.74, 6) is 0.272. The van der Waals surface area contributed by atoms with Crippen LogP contribution < -0.4 is 10.2 Å². The van der Waals surface area contributed by atoms with E-state index in [1.54, 1.807) is 0 Å². The summed E-state index contributed by atoms with van der Waals surface area (Å²) < 4.78 is 0. The van der Waals surface area contributed by atoms with Crippen molar-refractivity contribution >= 4 is 11.6 Å². The average Bonchev–Trinajstić information content (AvgIpc) is 2.90. The number of nitrogens with one attached hydrogen (secondary N) is 1. The standard InChI is InChI=1S/C15H21N3O/c19-15(17-8-3-4-9-17)12-18-10-7-16-11-13-5-1-2-6-14(13)18/h1-2,5-6,16H,3-4,7-12H2. The van der Waals surface area contributed by atoms with Gasteiger partial charge in [-0.25, -0.2) is 0 Å². The fraction of sp³-hybridized carbons (Fsp3) is 0.533. The Morgan fingerprint density at radius 1 is 1.16 bits per heavy atom. The molecule has 0 radical (unpaired) electrons. The van der Waals surface area contributed by atoms with Crippen molar-refractivity contribution in [2.75, 3.05) is 37.6 Å². The van der Waals surface area contributed by atoms with E-state index >= 15 is 0 Å². The molecule has 1 saturated heterocycles. The zero-order valence-corrected chi connectivity index (χ0v) is 11.3. The molecular formula is C15H21N3O. The fourth-order valence-electron chi connectivity index (χ4n) is 2.92. The predicted octanol–water partition coefficient (Wildman–Crippen LogP) is 1.22. The van der Waals surface area contributed by atoms with Gasteiger partial charge in [0, 0.05) is 38.4 Å². The third-order valence-corrected chi connectivity index (χ3v) is 3.99. The molecule has 0 aromatic heterocycles. The van der Waals surface area contributed by atoms with Gasteiger partial charge in [-0.1, -0.05) is 18.2 Å². The SMILES string of the molecule is O=C(CN1CCNCc2ccccc21)N1CCCC1. The Morgan fingerprint density at radius 3 is 2.79 bits per heavy atom. The Labute approximate surface area is 114 Å². The van der Waals surface area contributed by atoms with Gasteiger partial charge in [0.25, 0.3) is 0 Å². The van der Waals surface area contributed by atoms with Crippen molar-refractivity contribution in [3.63, 3.8) is 0 Å². The van der Waals surface area contributed by atoms with Gasteiger partial charge in [-0.05, 0) is 24.5 Å². The maximum Gasteiger partial charge on any atom is 0.242 e. The minimum atomic E-state index is 0.272. The predicted molar refractivity (Wildman–Crippen MR) is 76.2 cm³/mol. The highest BCUT2D eigenvalue weighted by Crippen LogP contribution is 2.22. The summed E-state index contributed by atoms with van der Waals surface area (Å²) in [5.41, 5.74) is 2.49. The van der Waals surface area contributed by atoms with Gasteiger partial charge >= 0.3 is 0 Å². The van der Waals surface area contributed by atoms with E-state index in [9.17, 15) is 4.79 Å². The summed E-state index contributed by atoms with van der Waals surface area (Å²) in [5, 5.41) is 3.41. The largest absolute Gasteiger partial charge is 0.361 e. The van der Waals surface area contributed by atoms with Gasteiger partial charge in [0.15, 0.2) is 0 Å². The van der Waals surface area contributed by atoms with Crippen molar-refractivity contribution in [1.82, 2.24) is 10.2 Å². The van der Waals surface area contributed by atoms with Crippen LogP contribution in [-0.4, -0.2) is 43.5 Å². The molecule has 2 heterocycles. The van der Waals surface area contributed by atoms with Crippen LogP contribution >= 0.6 is 0 Å². The molecular weight excluding hydrogens is 238 g/mol. The van der Waals surface area contributed by atoms with Crippen LogP contribution in [0, 0.1) is 0 Å². The normalized spacial score (nSPS) is 19.2. The molecule has 2 aliphatic heterocycles. The van der Waals surface area contributed by atoms with E-state index in [0.29, 0.717) is 6.54 Å². The Balaban J connectivity index is 1.74. The molecule has 0 atom stereocenters. The molecule has 102 valence electrons. The summed E-state index contributed by atoms with van der Waals surface area (Å²) in [6.07, 6.45) is 2.31. The maximum absolute atomic E-state index is 12.3. The molecule has 0 unspecified atom stereocenters. The number of carbonyl (C=O) groups is 1. The van der Waals surface area contributed by atoms with Crippen molar-refractivity contribution in [3.05, 3.63) is 29.8 Å². The van der Waals surface area contributed by atoms with Crippen molar-refractivity contribution in [3.8, 4) is 0 Å². The summed E-state index contributed by atoms with van der Waals surface area (Å²) >= 11 is 0. The van der Waals surface area contributed by atoms with Crippen molar-refractivity contribution in [1.29, 1.82) is 0 Å². The lowest BCUT2D eigenvalue weighted by atomic mass is 10.1. The summed E-state index contributed by atoms with van der Waals surface area (Å²) in [7, 11) is 0. The molecule has 0 spiro atoms. The minimum absolute atomic E-state index is 0.272. The highest BCUT2D eigenvalue weighted by Gasteiger charge is 2.22. The highest BCUT2D eigenvalue weighted by molar-refractivity contribution is 5.82.